The second-order valence-electron chi connectivity index (χ2n) is 11.8. The van der Waals surface area contributed by atoms with Crippen LogP contribution in [-0.4, -0.2) is 15.0 Å². The smallest absolute Gasteiger partial charge is 0.160 e. The number of pyridine rings is 1. The summed E-state index contributed by atoms with van der Waals surface area (Å²) < 4.78 is 13.8. The van der Waals surface area contributed by atoms with Gasteiger partial charge >= 0.3 is 0 Å². The molecule has 0 saturated carbocycles. The van der Waals surface area contributed by atoms with Gasteiger partial charge in [-0.05, 0) is 97.0 Å². The van der Waals surface area contributed by atoms with E-state index in [1.807, 2.05) is 18.2 Å². The Morgan fingerprint density at radius 1 is 0.404 bits per heavy atom. The molecule has 0 amide bonds. The molecule has 0 bridgehead atoms. The molecule has 0 atom stereocenters. The monoisotopic (exact) mass is 603 g/mol. The highest BCUT2D eigenvalue weighted by Crippen LogP contribution is 2.40. The summed E-state index contributed by atoms with van der Waals surface area (Å²) in [5.41, 5.74) is 8.86. The first-order valence-electron chi connectivity index (χ1n) is 15.6. The van der Waals surface area contributed by atoms with Gasteiger partial charge in [0.25, 0.3) is 0 Å². The molecule has 0 spiro atoms. The Labute approximate surface area is 271 Å². The maximum atomic E-state index is 13.8. The van der Waals surface area contributed by atoms with E-state index in [2.05, 4.69) is 108 Å². The molecule has 0 aliphatic carbocycles. The average Bonchev–Trinajstić information content (AvgIpc) is 3.14. The van der Waals surface area contributed by atoms with Crippen molar-refractivity contribution < 1.29 is 4.39 Å². The molecule has 0 aliphatic rings. The number of aromatic nitrogens is 3. The Hall–Kier alpha value is -6.26. The molecule has 0 radical (unpaired) electrons. The highest BCUT2D eigenvalue weighted by molar-refractivity contribution is 6.25. The Kier molecular flexibility index (Phi) is 6.32. The van der Waals surface area contributed by atoms with E-state index in [1.54, 1.807) is 24.5 Å². The second-order valence-corrected chi connectivity index (χ2v) is 11.8. The van der Waals surface area contributed by atoms with Crippen LogP contribution in [0.3, 0.4) is 0 Å². The summed E-state index contributed by atoms with van der Waals surface area (Å²) in [4.78, 5) is 14.0. The molecule has 2 heterocycles. The van der Waals surface area contributed by atoms with Crippen molar-refractivity contribution in [2.75, 3.05) is 0 Å². The molecule has 47 heavy (non-hydrogen) atoms. The molecule has 0 saturated heterocycles. The van der Waals surface area contributed by atoms with E-state index in [0.717, 1.165) is 44.8 Å². The zero-order valence-electron chi connectivity index (χ0n) is 25.2. The van der Waals surface area contributed by atoms with Gasteiger partial charge in [-0.15, -0.1) is 0 Å². The minimum absolute atomic E-state index is 0.292. The standard InChI is InChI=1S/C43H26FN3/c44-36-18-14-35(15-19-36)43-46-39(30-8-4-27(5-9-30)28-22-24-45-25-23-28)26-40(47-43)31-10-6-29(7-11-31)37-20-16-34-13-12-32-2-1-3-33-17-21-38(37)42(34)41(32)33/h1-26H. The predicted molar refractivity (Wildman–Crippen MR) is 191 cm³/mol. The first-order chi connectivity index (χ1) is 23.2. The van der Waals surface area contributed by atoms with Crippen LogP contribution < -0.4 is 0 Å². The van der Waals surface area contributed by atoms with E-state index in [-0.39, 0.29) is 5.82 Å². The zero-order valence-corrected chi connectivity index (χ0v) is 25.2. The minimum Gasteiger partial charge on any atom is -0.265 e. The highest BCUT2D eigenvalue weighted by atomic mass is 19.1. The Morgan fingerprint density at radius 3 is 1.57 bits per heavy atom. The molecule has 0 unspecified atom stereocenters. The van der Waals surface area contributed by atoms with Gasteiger partial charge in [-0.2, -0.15) is 0 Å². The van der Waals surface area contributed by atoms with Crippen LogP contribution in [0.15, 0.2) is 158 Å². The molecule has 3 nitrogen and oxygen atoms in total. The molecule has 2 aromatic heterocycles. The molecule has 220 valence electrons. The van der Waals surface area contributed by atoms with E-state index in [4.69, 9.17) is 9.97 Å². The lowest BCUT2D eigenvalue weighted by Crippen LogP contribution is -1.96. The van der Waals surface area contributed by atoms with Crippen LogP contribution in [0, 0.1) is 5.82 Å². The third-order valence-electron chi connectivity index (χ3n) is 9.04. The van der Waals surface area contributed by atoms with Gasteiger partial charge in [-0.3, -0.25) is 4.98 Å². The molecule has 9 aromatic rings. The molecule has 0 N–H and O–H groups in total. The van der Waals surface area contributed by atoms with Gasteiger partial charge in [0.15, 0.2) is 5.82 Å². The van der Waals surface area contributed by atoms with E-state index in [1.165, 1.54) is 50.0 Å². The lowest BCUT2D eigenvalue weighted by Gasteiger charge is -2.14. The van der Waals surface area contributed by atoms with Crippen LogP contribution in [0.4, 0.5) is 4.39 Å². The van der Waals surface area contributed by atoms with Crippen molar-refractivity contribution in [2.45, 2.75) is 0 Å². The Morgan fingerprint density at radius 2 is 0.915 bits per heavy atom. The fourth-order valence-electron chi connectivity index (χ4n) is 6.66. The van der Waals surface area contributed by atoms with E-state index in [0.29, 0.717) is 5.82 Å². The van der Waals surface area contributed by atoms with Crippen molar-refractivity contribution in [3.05, 3.63) is 164 Å². The topological polar surface area (TPSA) is 38.7 Å². The Balaban J connectivity index is 1.13. The summed E-state index contributed by atoms with van der Waals surface area (Å²) in [6.45, 7) is 0. The molecule has 0 fully saturated rings. The van der Waals surface area contributed by atoms with Crippen LogP contribution >= 0.6 is 0 Å². The van der Waals surface area contributed by atoms with Crippen LogP contribution in [0.2, 0.25) is 0 Å². The number of hydrogen-bond donors (Lipinski definition) is 0. The fourth-order valence-corrected chi connectivity index (χ4v) is 6.66. The molecule has 7 aromatic carbocycles. The van der Waals surface area contributed by atoms with Crippen molar-refractivity contribution in [2.24, 2.45) is 0 Å². The highest BCUT2D eigenvalue weighted by Gasteiger charge is 2.14. The van der Waals surface area contributed by atoms with Crippen LogP contribution in [0.1, 0.15) is 0 Å². The molecule has 4 heteroatoms. The van der Waals surface area contributed by atoms with Crippen LogP contribution in [-0.2, 0) is 0 Å². The summed E-state index contributed by atoms with van der Waals surface area (Å²) in [5, 5.41) is 7.64. The number of halogens is 1. The van der Waals surface area contributed by atoms with Crippen LogP contribution in [0.25, 0.3) is 88.5 Å². The molecule has 9 rings (SSSR count). The second kappa shape index (κ2) is 11.0. The van der Waals surface area contributed by atoms with Crippen molar-refractivity contribution >= 4 is 32.3 Å². The number of hydrogen-bond acceptors (Lipinski definition) is 3. The van der Waals surface area contributed by atoms with Crippen molar-refractivity contribution in [1.82, 2.24) is 15.0 Å². The van der Waals surface area contributed by atoms with Gasteiger partial charge in [-0.1, -0.05) is 103 Å². The first-order valence-corrected chi connectivity index (χ1v) is 15.6. The van der Waals surface area contributed by atoms with Gasteiger partial charge in [-0.25, -0.2) is 14.4 Å². The summed E-state index contributed by atoms with van der Waals surface area (Å²) in [6, 6.07) is 49.1. The number of nitrogens with zero attached hydrogens (tertiary/aromatic N) is 3. The maximum absolute atomic E-state index is 13.8. The molecular weight excluding hydrogens is 577 g/mol. The largest absolute Gasteiger partial charge is 0.265 e. The number of benzene rings is 7. The van der Waals surface area contributed by atoms with Gasteiger partial charge in [0.05, 0.1) is 11.4 Å². The predicted octanol–water partition coefficient (Wildman–Crippen LogP) is 11.2. The minimum atomic E-state index is -0.292. The zero-order chi connectivity index (χ0) is 31.3. The van der Waals surface area contributed by atoms with E-state index in [9.17, 15) is 4.39 Å². The van der Waals surface area contributed by atoms with Crippen molar-refractivity contribution in [3.63, 3.8) is 0 Å². The van der Waals surface area contributed by atoms with Gasteiger partial charge in [0.2, 0.25) is 0 Å². The normalized spacial score (nSPS) is 11.5. The molecule has 0 aliphatic heterocycles. The van der Waals surface area contributed by atoms with Gasteiger partial charge < -0.3 is 0 Å². The van der Waals surface area contributed by atoms with Crippen LogP contribution in [0.5, 0.6) is 0 Å². The fraction of sp³-hybridized carbons (Fsp3) is 0. The van der Waals surface area contributed by atoms with Crippen molar-refractivity contribution in [1.29, 1.82) is 0 Å². The lowest BCUT2D eigenvalue weighted by atomic mass is 9.89. The summed E-state index contributed by atoms with van der Waals surface area (Å²) in [6.07, 6.45) is 3.59. The summed E-state index contributed by atoms with van der Waals surface area (Å²) in [7, 11) is 0. The summed E-state index contributed by atoms with van der Waals surface area (Å²) in [5.74, 6) is 0.255. The van der Waals surface area contributed by atoms with Crippen molar-refractivity contribution in [3.8, 4) is 56.2 Å². The Bertz CT molecular complexity index is 2530. The lowest BCUT2D eigenvalue weighted by molar-refractivity contribution is 0.628. The third kappa shape index (κ3) is 4.79. The van der Waals surface area contributed by atoms with E-state index < -0.39 is 0 Å². The average molecular weight is 604 g/mol. The number of rotatable bonds is 5. The first kappa shape index (κ1) is 27.1. The van der Waals surface area contributed by atoms with Gasteiger partial charge in [0, 0.05) is 29.1 Å². The maximum Gasteiger partial charge on any atom is 0.160 e. The SMILES string of the molecule is Fc1ccc(-c2nc(-c3ccc(-c4ccncc4)cc3)cc(-c3ccc(-c4ccc5ccc6cccc7ccc4c5c67)cc3)n2)cc1. The van der Waals surface area contributed by atoms with Gasteiger partial charge in [0.1, 0.15) is 5.82 Å². The quantitative estimate of drug-likeness (QED) is 0.184. The van der Waals surface area contributed by atoms with E-state index >= 15 is 0 Å². The third-order valence-corrected chi connectivity index (χ3v) is 9.04. The molecular formula is C43H26FN3. The summed E-state index contributed by atoms with van der Waals surface area (Å²) >= 11 is 0.